The zero-order valence-electron chi connectivity index (χ0n) is 10.0. The molecule has 4 atom stereocenters. The number of hydrogen-bond donors (Lipinski definition) is 0. The fourth-order valence-electron chi connectivity index (χ4n) is 4.87. The summed E-state index contributed by atoms with van der Waals surface area (Å²) in [6.45, 7) is 0. The van der Waals surface area contributed by atoms with Crippen molar-refractivity contribution in [3.8, 4) is 0 Å². The molecule has 0 unspecified atom stereocenters. The van der Waals surface area contributed by atoms with Crippen molar-refractivity contribution >= 4 is 0 Å². The standard InChI is InChI=1S/C16H18F/c17-12-4-1-3-10(7-12)15-8-11-9-16(15)14-6-2-5-13(11)14/h1,3-4,7,11,13-14,16H,2,5-6,8-9H2/q+1/b15-10+/t11-,13+,14+,16+/m1/s1. The lowest BCUT2D eigenvalue weighted by atomic mass is 9.76. The van der Waals surface area contributed by atoms with Gasteiger partial charge in [0.2, 0.25) is 5.83 Å². The summed E-state index contributed by atoms with van der Waals surface area (Å²) in [5, 5.41) is 0. The van der Waals surface area contributed by atoms with Crippen LogP contribution in [0.5, 0.6) is 0 Å². The van der Waals surface area contributed by atoms with Gasteiger partial charge in [-0.3, -0.25) is 0 Å². The molecule has 4 aliphatic rings. The maximum absolute atomic E-state index is 13.3. The maximum atomic E-state index is 13.3. The van der Waals surface area contributed by atoms with E-state index in [-0.39, 0.29) is 5.83 Å². The van der Waals surface area contributed by atoms with Crippen LogP contribution >= 0.6 is 0 Å². The van der Waals surface area contributed by atoms with Gasteiger partial charge in [0, 0.05) is 30.4 Å². The summed E-state index contributed by atoms with van der Waals surface area (Å²) >= 11 is 0. The largest absolute Gasteiger partial charge is 0.205 e. The highest BCUT2D eigenvalue weighted by atomic mass is 19.1. The van der Waals surface area contributed by atoms with E-state index in [1.807, 2.05) is 6.08 Å². The molecule has 4 rings (SSSR count). The molecule has 17 heavy (non-hydrogen) atoms. The summed E-state index contributed by atoms with van der Waals surface area (Å²) in [4.78, 5) is 0. The van der Waals surface area contributed by atoms with Crippen molar-refractivity contribution in [1.29, 1.82) is 0 Å². The first-order valence-corrected chi connectivity index (χ1v) is 6.94. The second-order valence-electron chi connectivity index (χ2n) is 6.10. The van der Waals surface area contributed by atoms with E-state index in [0.717, 1.165) is 23.7 Å². The lowest BCUT2D eigenvalue weighted by molar-refractivity contribution is 0.304. The molecule has 0 heterocycles. The van der Waals surface area contributed by atoms with Gasteiger partial charge in [0.25, 0.3) is 0 Å². The highest BCUT2D eigenvalue weighted by Gasteiger charge is 2.54. The third kappa shape index (κ3) is 1.38. The average Bonchev–Trinajstić information content (AvgIpc) is 3.01. The molecule has 0 spiro atoms. The summed E-state index contributed by atoms with van der Waals surface area (Å²) in [6, 6.07) is 0. The Labute approximate surface area is 102 Å². The first-order chi connectivity index (χ1) is 8.33. The normalized spacial score (nSPS) is 47.0. The summed E-state index contributed by atoms with van der Waals surface area (Å²) in [5.41, 5.74) is 2.75. The molecule has 0 amide bonds. The monoisotopic (exact) mass is 229 g/mol. The number of hydrogen-bond acceptors (Lipinski definition) is 0. The molecule has 0 N–H and O–H groups in total. The van der Waals surface area contributed by atoms with E-state index >= 15 is 0 Å². The fourth-order valence-corrected chi connectivity index (χ4v) is 4.87. The summed E-state index contributed by atoms with van der Waals surface area (Å²) in [7, 11) is 0. The van der Waals surface area contributed by atoms with E-state index in [9.17, 15) is 4.39 Å². The molecule has 0 nitrogen and oxygen atoms in total. The van der Waals surface area contributed by atoms with Gasteiger partial charge in [-0.15, -0.1) is 0 Å². The van der Waals surface area contributed by atoms with Crippen molar-refractivity contribution in [1.82, 2.24) is 0 Å². The van der Waals surface area contributed by atoms with Gasteiger partial charge < -0.3 is 0 Å². The molecule has 0 saturated heterocycles. The van der Waals surface area contributed by atoms with Gasteiger partial charge in [-0.2, -0.15) is 4.39 Å². The first kappa shape index (κ1) is 9.99. The molecule has 0 aliphatic heterocycles. The zero-order chi connectivity index (χ0) is 11.4. The van der Waals surface area contributed by atoms with Crippen LogP contribution in [0, 0.1) is 30.1 Å². The third-order valence-electron chi connectivity index (χ3n) is 5.43. The molecular weight excluding hydrogens is 211 g/mol. The average molecular weight is 229 g/mol. The minimum Gasteiger partial charge on any atom is -0.183 e. The number of fused-ring (bicyclic) bond motifs is 5. The fraction of sp³-hybridized carbons (Fsp3) is 0.562. The minimum atomic E-state index is -0.0826. The lowest BCUT2D eigenvalue weighted by Gasteiger charge is -2.25. The molecule has 0 aromatic rings. The van der Waals surface area contributed by atoms with Crippen LogP contribution in [0.2, 0.25) is 0 Å². The van der Waals surface area contributed by atoms with E-state index in [0.29, 0.717) is 0 Å². The maximum Gasteiger partial charge on any atom is 0.205 e. The van der Waals surface area contributed by atoms with Crippen molar-refractivity contribution in [2.45, 2.75) is 32.1 Å². The van der Waals surface area contributed by atoms with Gasteiger partial charge in [-0.05, 0) is 37.0 Å². The van der Waals surface area contributed by atoms with Crippen molar-refractivity contribution in [3.63, 3.8) is 0 Å². The van der Waals surface area contributed by atoms with Crippen LogP contribution in [0.1, 0.15) is 32.1 Å². The molecule has 0 radical (unpaired) electrons. The summed E-state index contributed by atoms with van der Waals surface area (Å²) in [6.07, 6.45) is 14.2. The van der Waals surface area contributed by atoms with Crippen LogP contribution in [-0.4, -0.2) is 0 Å². The van der Waals surface area contributed by atoms with Crippen molar-refractivity contribution < 1.29 is 4.39 Å². The van der Waals surface area contributed by atoms with E-state index in [4.69, 9.17) is 0 Å². The van der Waals surface area contributed by atoms with Crippen molar-refractivity contribution in [2.24, 2.45) is 23.7 Å². The minimum absolute atomic E-state index is 0.0826. The van der Waals surface area contributed by atoms with Crippen LogP contribution in [0.3, 0.4) is 0 Å². The van der Waals surface area contributed by atoms with Gasteiger partial charge in [-0.25, -0.2) is 0 Å². The predicted molar refractivity (Wildman–Crippen MR) is 66.7 cm³/mol. The van der Waals surface area contributed by atoms with E-state index < -0.39 is 0 Å². The molecule has 1 heteroatoms. The second-order valence-corrected chi connectivity index (χ2v) is 6.10. The Balaban J connectivity index is 1.70. The van der Waals surface area contributed by atoms with E-state index in [2.05, 4.69) is 6.42 Å². The molecule has 3 saturated carbocycles. The Bertz CT molecular complexity index is 440. The van der Waals surface area contributed by atoms with Gasteiger partial charge in [-0.1, -0.05) is 6.42 Å². The Morgan fingerprint density at radius 3 is 3.00 bits per heavy atom. The predicted octanol–water partition coefficient (Wildman–Crippen LogP) is 4.37. The molecule has 3 fully saturated rings. The first-order valence-electron chi connectivity index (χ1n) is 6.94. The van der Waals surface area contributed by atoms with Gasteiger partial charge in [0.1, 0.15) is 0 Å². The number of allylic oxidation sites excluding steroid dienone is 6. The quantitative estimate of drug-likeness (QED) is 0.541. The van der Waals surface area contributed by atoms with Crippen molar-refractivity contribution in [2.75, 3.05) is 0 Å². The molecule has 0 aromatic heterocycles. The molecule has 4 aliphatic carbocycles. The van der Waals surface area contributed by atoms with Crippen LogP contribution in [0.25, 0.3) is 0 Å². The summed E-state index contributed by atoms with van der Waals surface area (Å²) in [5.74, 6) is 3.57. The number of halogens is 1. The summed E-state index contributed by atoms with van der Waals surface area (Å²) < 4.78 is 13.3. The van der Waals surface area contributed by atoms with Gasteiger partial charge >= 0.3 is 0 Å². The van der Waals surface area contributed by atoms with Crippen molar-refractivity contribution in [3.05, 3.63) is 41.6 Å². The highest BCUT2D eigenvalue weighted by Crippen LogP contribution is 2.61. The van der Waals surface area contributed by atoms with E-state index in [1.54, 1.807) is 17.7 Å². The topological polar surface area (TPSA) is 0 Å². The van der Waals surface area contributed by atoms with Crippen LogP contribution < -0.4 is 0 Å². The highest BCUT2D eigenvalue weighted by molar-refractivity contribution is 5.46. The Morgan fingerprint density at radius 1 is 1.24 bits per heavy atom. The Morgan fingerprint density at radius 2 is 2.12 bits per heavy atom. The Hall–Kier alpha value is -0.980. The zero-order valence-corrected chi connectivity index (χ0v) is 10.0. The molecule has 0 aromatic carbocycles. The van der Waals surface area contributed by atoms with Crippen LogP contribution in [0.15, 0.2) is 35.2 Å². The van der Waals surface area contributed by atoms with Crippen LogP contribution in [-0.2, 0) is 0 Å². The smallest absolute Gasteiger partial charge is 0.183 e. The van der Waals surface area contributed by atoms with Crippen LogP contribution in [0.4, 0.5) is 4.39 Å². The number of rotatable bonds is 0. The van der Waals surface area contributed by atoms with Gasteiger partial charge in [0.15, 0.2) is 0 Å². The molecular formula is C16H18F+. The molecule has 2 bridgehead atoms. The molecule has 88 valence electrons. The SMILES string of the molecule is FC1=C/C(=C2\C[C@@H]3C[C@H]2[C@H]2CCC[C@@H]32)[CH+]C=C1. The second kappa shape index (κ2) is 3.51. The lowest BCUT2D eigenvalue weighted by Crippen LogP contribution is -2.19. The van der Waals surface area contributed by atoms with Gasteiger partial charge in [0.05, 0.1) is 17.7 Å². The Kier molecular flexibility index (Phi) is 2.06. The third-order valence-corrected chi connectivity index (χ3v) is 5.43. The van der Waals surface area contributed by atoms with E-state index in [1.165, 1.54) is 37.7 Å².